The maximum Gasteiger partial charge on any atom is 0.366 e. The van der Waals surface area contributed by atoms with Crippen molar-refractivity contribution in [2.24, 2.45) is 0 Å². The molecule has 22 heavy (non-hydrogen) atoms. The Bertz CT molecular complexity index is 584. The van der Waals surface area contributed by atoms with Gasteiger partial charge in [-0.05, 0) is 12.5 Å². The van der Waals surface area contributed by atoms with Gasteiger partial charge in [-0.3, -0.25) is 4.79 Å². The molecular weight excluding hydrogens is 284 g/mol. The van der Waals surface area contributed by atoms with Crippen molar-refractivity contribution >= 4 is 23.6 Å². The minimum absolute atomic E-state index is 0.289. The smallest absolute Gasteiger partial charge is 0.366 e. The number of anilines is 1. The molecule has 0 saturated carbocycles. The van der Waals surface area contributed by atoms with E-state index in [1.165, 1.54) is 0 Å². The number of carboxylic acids is 1. The van der Waals surface area contributed by atoms with Crippen molar-refractivity contribution in [2.45, 2.75) is 32.4 Å². The second kappa shape index (κ2) is 7.49. The molecule has 1 amide bonds. The molecule has 1 aromatic rings. The number of fused-ring (bicyclic) bond motifs is 1. The van der Waals surface area contributed by atoms with Crippen LogP contribution in [-0.4, -0.2) is 29.8 Å². The summed E-state index contributed by atoms with van der Waals surface area (Å²) in [6.07, 6.45) is 4.38. The normalized spacial score (nSPS) is 13.7. The van der Waals surface area contributed by atoms with Gasteiger partial charge in [0.05, 0.1) is 5.69 Å². The van der Waals surface area contributed by atoms with Gasteiger partial charge in [0.1, 0.15) is 5.75 Å². The summed E-state index contributed by atoms with van der Waals surface area (Å²) in [5.74, 6) is -1.15. The molecule has 6 nitrogen and oxygen atoms in total. The number of carbonyl (C=O) groups is 2. The van der Waals surface area contributed by atoms with Gasteiger partial charge in [0.2, 0.25) is 5.91 Å². The molecule has 3 N–H and O–H groups in total. The van der Waals surface area contributed by atoms with Gasteiger partial charge >= 0.3 is 5.97 Å². The van der Waals surface area contributed by atoms with Crippen LogP contribution in [0.25, 0.3) is 6.08 Å². The third kappa shape index (κ3) is 4.00. The molecule has 0 bridgehead atoms. The molecule has 0 aromatic heterocycles. The molecule has 1 aliphatic rings. The first-order valence-electron chi connectivity index (χ1n) is 7.34. The van der Waals surface area contributed by atoms with Gasteiger partial charge in [0.25, 0.3) is 6.23 Å². The van der Waals surface area contributed by atoms with Crippen molar-refractivity contribution in [1.82, 2.24) is 5.32 Å². The van der Waals surface area contributed by atoms with Gasteiger partial charge in [-0.2, -0.15) is 0 Å². The molecule has 1 aromatic carbocycles. The lowest BCUT2D eigenvalue weighted by Gasteiger charge is -2.21. The third-order valence-electron chi connectivity index (χ3n) is 3.27. The number of rotatable bonds is 7. The lowest BCUT2D eigenvalue weighted by Crippen LogP contribution is -2.45. The summed E-state index contributed by atoms with van der Waals surface area (Å²) in [5.41, 5.74) is 1.66. The number of hydrogen-bond donors (Lipinski definition) is 3. The van der Waals surface area contributed by atoms with E-state index in [0.717, 1.165) is 17.7 Å². The van der Waals surface area contributed by atoms with Crippen LogP contribution >= 0.6 is 0 Å². The van der Waals surface area contributed by atoms with E-state index in [-0.39, 0.29) is 12.3 Å². The summed E-state index contributed by atoms with van der Waals surface area (Å²) in [5, 5.41) is 14.8. The van der Waals surface area contributed by atoms with Crippen molar-refractivity contribution in [3.8, 4) is 5.75 Å². The number of unbranched alkanes of at least 4 members (excludes halogenated alkanes) is 1. The maximum atomic E-state index is 11.7. The molecule has 1 unspecified atom stereocenters. The van der Waals surface area contributed by atoms with E-state index in [4.69, 9.17) is 4.74 Å². The van der Waals surface area contributed by atoms with Crippen LogP contribution in [0.5, 0.6) is 5.75 Å². The summed E-state index contributed by atoms with van der Waals surface area (Å²) in [6.45, 7) is 2.61. The van der Waals surface area contributed by atoms with E-state index in [1.807, 2.05) is 25.1 Å². The quantitative estimate of drug-likeness (QED) is 0.672. The van der Waals surface area contributed by atoms with Crippen LogP contribution < -0.4 is 15.4 Å². The van der Waals surface area contributed by atoms with E-state index < -0.39 is 12.2 Å². The standard InChI is InChI=1S/C16H20N2O4/c1-2-3-9-13(19)18-15(16(20)21)22-12-8-4-6-11-7-5-10-17-14(11)12/h4-8,15,17H,2-3,9-10H2,1H3,(H,18,19)(H,20,21). The van der Waals surface area contributed by atoms with Crippen molar-refractivity contribution in [1.29, 1.82) is 0 Å². The second-order valence-corrected chi connectivity index (χ2v) is 5.01. The van der Waals surface area contributed by atoms with Crippen LogP contribution in [0.3, 0.4) is 0 Å². The van der Waals surface area contributed by atoms with Crippen molar-refractivity contribution < 1.29 is 19.4 Å². The highest BCUT2D eigenvalue weighted by molar-refractivity contribution is 5.83. The Morgan fingerprint density at radius 1 is 1.45 bits per heavy atom. The molecule has 0 spiro atoms. The number of amides is 1. The molecule has 2 rings (SSSR count). The van der Waals surface area contributed by atoms with Crippen LogP contribution in [0.2, 0.25) is 0 Å². The van der Waals surface area contributed by atoms with Crippen molar-refractivity contribution in [3.63, 3.8) is 0 Å². The van der Waals surface area contributed by atoms with Crippen molar-refractivity contribution in [3.05, 3.63) is 29.8 Å². The Morgan fingerprint density at radius 2 is 2.27 bits per heavy atom. The lowest BCUT2D eigenvalue weighted by atomic mass is 10.1. The zero-order valence-electron chi connectivity index (χ0n) is 12.5. The number of ether oxygens (including phenoxy) is 1. The van der Waals surface area contributed by atoms with Crippen molar-refractivity contribution in [2.75, 3.05) is 11.9 Å². The predicted molar refractivity (Wildman–Crippen MR) is 83.7 cm³/mol. The van der Waals surface area contributed by atoms with Gasteiger partial charge in [-0.25, -0.2) is 4.79 Å². The van der Waals surface area contributed by atoms with E-state index >= 15 is 0 Å². The van der Waals surface area contributed by atoms with Gasteiger partial charge in [0.15, 0.2) is 0 Å². The predicted octanol–water partition coefficient (Wildman–Crippen LogP) is 2.22. The first-order chi connectivity index (χ1) is 10.6. The highest BCUT2D eigenvalue weighted by atomic mass is 16.5. The molecule has 1 atom stereocenters. The van der Waals surface area contributed by atoms with Crippen LogP contribution in [0.4, 0.5) is 5.69 Å². The molecular formula is C16H20N2O4. The minimum Gasteiger partial charge on any atom is -0.477 e. The van der Waals surface area contributed by atoms with Crippen LogP contribution in [0, 0.1) is 0 Å². The maximum absolute atomic E-state index is 11.7. The van der Waals surface area contributed by atoms with Gasteiger partial charge in [-0.15, -0.1) is 0 Å². The molecule has 1 heterocycles. The third-order valence-corrected chi connectivity index (χ3v) is 3.27. The van der Waals surface area contributed by atoms with E-state index in [9.17, 15) is 14.7 Å². The van der Waals surface area contributed by atoms with Gasteiger partial charge in [0, 0.05) is 18.5 Å². The lowest BCUT2D eigenvalue weighted by molar-refractivity contribution is -0.149. The molecule has 0 aliphatic carbocycles. The number of hydrogen-bond acceptors (Lipinski definition) is 4. The van der Waals surface area contributed by atoms with Gasteiger partial charge < -0.3 is 20.5 Å². The number of carbonyl (C=O) groups excluding carboxylic acids is 1. The number of benzene rings is 1. The fourth-order valence-corrected chi connectivity index (χ4v) is 2.15. The summed E-state index contributed by atoms with van der Waals surface area (Å²) in [6, 6.07) is 5.36. The Morgan fingerprint density at radius 3 is 3.00 bits per heavy atom. The largest absolute Gasteiger partial charge is 0.477 e. The molecule has 0 saturated heterocycles. The van der Waals surface area contributed by atoms with E-state index in [0.29, 0.717) is 18.7 Å². The van der Waals surface area contributed by atoms with E-state index in [1.54, 1.807) is 12.1 Å². The summed E-state index contributed by atoms with van der Waals surface area (Å²) < 4.78 is 5.50. The van der Waals surface area contributed by atoms with E-state index in [2.05, 4.69) is 10.6 Å². The fraction of sp³-hybridized carbons (Fsp3) is 0.375. The fourth-order valence-electron chi connectivity index (χ4n) is 2.15. The number of nitrogens with one attached hydrogen (secondary N) is 2. The first-order valence-corrected chi connectivity index (χ1v) is 7.34. The summed E-state index contributed by atoms with van der Waals surface area (Å²) in [4.78, 5) is 23.0. The molecule has 0 fully saturated rings. The molecule has 1 aliphatic heterocycles. The number of carboxylic acid groups (broad SMARTS) is 1. The van der Waals surface area contributed by atoms with Crippen LogP contribution in [0.15, 0.2) is 24.3 Å². The summed E-state index contributed by atoms with van der Waals surface area (Å²) >= 11 is 0. The Balaban J connectivity index is 2.10. The highest BCUT2D eigenvalue weighted by Gasteiger charge is 2.23. The van der Waals surface area contributed by atoms with Crippen LogP contribution in [-0.2, 0) is 9.59 Å². The monoisotopic (exact) mass is 304 g/mol. The Hall–Kier alpha value is -2.50. The average Bonchev–Trinajstić information content (AvgIpc) is 2.52. The zero-order chi connectivity index (χ0) is 15.9. The summed E-state index contributed by atoms with van der Waals surface area (Å²) in [7, 11) is 0. The Labute approximate surface area is 129 Å². The van der Waals surface area contributed by atoms with Crippen LogP contribution in [0.1, 0.15) is 31.7 Å². The van der Waals surface area contributed by atoms with Gasteiger partial charge in [-0.1, -0.05) is 37.6 Å². The molecule has 6 heteroatoms. The zero-order valence-corrected chi connectivity index (χ0v) is 12.5. The first kappa shape index (κ1) is 15.9. The molecule has 118 valence electrons. The highest BCUT2D eigenvalue weighted by Crippen LogP contribution is 2.31. The topological polar surface area (TPSA) is 87.7 Å². The molecule has 0 radical (unpaired) electrons. The number of para-hydroxylation sites is 1. The average molecular weight is 304 g/mol. The Kier molecular flexibility index (Phi) is 5.41. The minimum atomic E-state index is -1.40. The SMILES string of the molecule is CCCCC(=O)NC(Oc1cccc2c1NCC=C2)C(=O)O. The second-order valence-electron chi connectivity index (χ2n) is 5.01. The number of aliphatic carboxylic acids is 1.